The zero-order valence-electron chi connectivity index (χ0n) is 19.9. The van der Waals surface area contributed by atoms with Gasteiger partial charge in [-0.15, -0.1) is 0 Å². The number of allylic oxidation sites excluding steroid dienone is 1. The van der Waals surface area contributed by atoms with E-state index in [0.29, 0.717) is 21.8 Å². The van der Waals surface area contributed by atoms with Crippen LogP contribution in [-0.4, -0.2) is 11.9 Å². The van der Waals surface area contributed by atoms with E-state index in [4.69, 9.17) is 26.8 Å². The molecule has 2 N–H and O–H groups in total. The molecule has 0 radical (unpaired) electrons. The molecule has 5 rings (SSSR count). The lowest BCUT2D eigenvalue weighted by Gasteiger charge is -2.34. The molecule has 7 nitrogen and oxygen atoms in total. The number of fused-ring (bicyclic) bond motifs is 2. The molecule has 0 fully saturated rings. The Morgan fingerprint density at radius 3 is 2.49 bits per heavy atom. The molecule has 3 aromatic rings. The third-order valence-electron chi connectivity index (χ3n) is 6.59. The highest BCUT2D eigenvalue weighted by atomic mass is 35.5. The summed E-state index contributed by atoms with van der Waals surface area (Å²) in [5.74, 6) is -1.42. The van der Waals surface area contributed by atoms with Gasteiger partial charge in [-0.3, -0.25) is 4.79 Å². The number of halogens is 1. The van der Waals surface area contributed by atoms with Crippen molar-refractivity contribution in [2.75, 3.05) is 4.90 Å². The van der Waals surface area contributed by atoms with Gasteiger partial charge in [0, 0.05) is 16.3 Å². The molecule has 0 bridgehead atoms. The fourth-order valence-corrected chi connectivity index (χ4v) is 5.16. The van der Waals surface area contributed by atoms with Crippen molar-refractivity contribution in [1.29, 1.82) is 5.26 Å². The molecule has 0 aromatic heterocycles. The molecule has 37 heavy (non-hydrogen) atoms. The number of benzene rings is 3. The van der Waals surface area contributed by atoms with Gasteiger partial charge in [-0.2, -0.15) is 5.26 Å². The van der Waals surface area contributed by atoms with Gasteiger partial charge in [-0.25, -0.2) is 4.79 Å². The second-order valence-corrected chi connectivity index (χ2v) is 9.10. The first-order valence-corrected chi connectivity index (χ1v) is 11.9. The number of ether oxygens (including phenoxy) is 2. The van der Waals surface area contributed by atoms with E-state index in [1.807, 2.05) is 48.5 Å². The van der Waals surface area contributed by atoms with E-state index in [9.17, 15) is 14.9 Å². The normalized spacial score (nSPS) is 18.5. The summed E-state index contributed by atoms with van der Waals surface area (Å²) in [4.78, 5) is 29.6. The summed E-state index contributed by atoms with van der Waals surface area (Å²) in [7, 11) is 0. The molecule has 0 unspecified atom stereocenters. The lowest BCUT2D eigenvalue weighted by Crippen LogP contribution is -2.48. The van der Waals surface area contributed by atoms with Crippen LogP contribution in [0.3, 0.4) is 0 Å². The molecule has 3 aromatic carbocycles. The molecule has 0 saturated heterocycles. The maximum absolute atomic E-state index is 14.4. The Morgan fingerprint density at radius 2 is 1.76 bits per heavy atom. The molecule has 2 heterocycles. The third-order valence-corrected chi connectivity index (χ3v) is 6.96. The topological polar surface area (TPSA) is 106 Å². The molecule has 0 saturated carbocycles. The van der Waals surface area contributed by atoms with E-state index in [1.165, 1.54) is 11.8 Å². The predicted molar refractivity (Wildman–Crippen MR) is 138 cm³/mol. The number of hydrogen-bond donors (Lipinski definition) is 1. The first-order valence-electron chi connectivity index (χ1n) is 11.5. The van der Waals surface area contributed by atoms with E-state index in [2.05, 4.69) is 0 Å². The van der Waals surface area contributed by atoms with Gasteiger partial charge < -0.3 is 20.1 Å². The largest absolute Gasteiger partial charge is 0.457 e. The van der Waals surface area contributed by atoms with Crippen LogP contribution in [0.4, 0.5) is 5.69 Å². The van der Waals surface area contributed by atoms with E-state index >= 15 is 0 Å². The van der Waals surface area contributed by atoms with Crippen molar-refractivity contribution in [3.63, 3.8) is 0 Å². The second-order valence-electron chi connectivity index (χ2n) is 8.70. The quantitative estimate of drug-likeness (QED) is 0.490. The SMILES string of the molecule is CC1=C(C(=O)OCc2ccccc2)[C@@]2(C(=O)N(Cc3ccccc3Cl)c3ccccc32)C(C#N)=C(N)O1. The van der Waals surface area contributed by atoms with Crippen LogP contribution in [0, 0.1) is 11.3 Å². The van der Waals surface area contributed by atoms with E-state index in [0.717, 1.165) is 5.56 Å². The average Bonchev–Trinajstić information content (AvgIpc) is 3.13. The summed E-state index contributed by atoms with van der Waals surface area (Å²) in [6, 6.07) is 25.4. The number of esters is 1. The minimum absolute atomic E-state index is 0.0210. The number of rotatable bonds is 5. The van der Waals surface area contributed by atoms with Crippen LogP contribution >= 0.6 is 11.6 Å². The first-order chi connectivity index (χ1) is 17.9. The zero-order chi connectivity index (χ0) is 26.2. The molecule has 184 valence electrons. The van der Waals surface area contributed by atoms with Crippen molar-refractivity contribution in [3.8, 4) is 6.07 Å². The molecular formula is C29H22ClN3O4. The van der Waals surface area contributed by atoms with Crippen LogP contribution in [0.1, 0.15) is 23.6 Å². The van der Waals surface area contributed by atoms with Crippen molar-refractivity contribution in [2.45, 2.75) is 25.5 Å². The number of amides is 1. The second kappa shape index (κ2) is 9.49. The van der Waals surface area contributed by atoms with Crippen LogP contribution in [0.25, 0.3) is 0 Å². The van der Waals surface area contributed by atoms with Crippen LogP contribution in [0.5, 0.6) is 0 Å². The van der Waals surface area contributed by atoms with Gasteiger partial charge in [0.25, 0.3) is 0 Å². The predicted octanol–water partition coefficient (Wildman–Crippen LogP) is 4.87. The van der Waals surface area contributed by atoms with Crippen LogP contribution in [-0.2, 0) is 37.6 Å². The number of nitrogens with zero attached hydrogens (tertiary/aromatic N) is 2. The molecule has 1 spiro atoms. The Balaban J connectivity index is 1.66. The van der Waals surface area contributed by atoms with E-state index in [-0.39, 0.29) is 35.9 Å². The zero-order valence-corrected chi connectivity index (χ0v) is 20.7. The minimum atomic E-state index is -1.83. The summed E-state index contributed by atoms with van der Waals surface area (Å²) >= 11 is 6.41. The Hall–Kier alpha value is -4.54. The highest BCUT2D eigenvalue weighted by Crippen LogP contribution is 2.54. The third kappa shape index (κ3) is 3.83. The molecule has 1 amide bonds. The first kappa shape index (κ1) is 24.2. The number of hydrogen-bond acceptors (Lipinski definition) is 6. The Morgan fingerprint density at radius 1 is 1.08 bits per heavy atom. The van der Waals surface area contributed by atoms with Gasteiger partial charge in [-0.1, -0.05) is 78.3 Å². The molecule has 8 heteroatoms. The van der Waals surface area contributed by atoms with Gasteiger partial charge in [0.15, 0.2) is 5.41 Å². The van der Waals surface area contributed by atoms with E-state index < -0.39 is 17.3 Å². The van der Waals surface area contributed by atoms with Gasteiger partial charge in [0.2, 0.25) is 11.8 Å². The van der Waals surface area contributed by atoms with Crippen LogP contribution < -0.4 is 10.6 Å². The molecule has 2 aliphatic rings. The lowest BCUT2D eigenvalue weighted by molar-refractivity contribution is -0.142. The number of anilines is 1. The van der Waals surface area contributed by atoms with E-state index in [1.54, 1.807) is 36.4 Å². The Bertz CT molecular complexity index is 1520. The van der Waals surface area contributed by atoms with Crippen molar-refractivity contribution in [2.24, 2.45) is 5.73 Å². The molecule has 2 aliphatic heterocycles. The number of nitrogens with two attached hydrogens (primary N) is 1. The number of nitriles is 1. The molecule has 0 aliphatic carbocycles. The van der Waals surface area contributed by atoms with Crippen molar-refractivity contribution < 1.29 is 19.1 Å². The van der Waals surface area contributed by atoms with Crippen molar-refractivity contribution >= 4 is 29.2 Å². The summed E-state index contributed by atoms with van der Waals surface area (Å²) in [6.07, 6.45) is 0. The smallest absolute Gasteiger partial charge is 0.339 e. The van der Waals surface area contributed by atoms with Gasteiger partial charge in [-0.05, 0) is 30.2 Å². The van der Waals surface area contributed by atoms with Gasteiger partial charge in [0.05, 0.1) is 6.54 Å². The number of carbonyl (C=O) groups is 2. The fraction of sp³-hybridized carbons (Fsp3) is 0.138. The maximum Gasteiger partial charge on any atom is 0.339 e. The minimum Gasteiger partial charge on any atom is -0.457 e. The summed E-state index contributed by atoms with van der Waals surface area (Å²) in [6.45, 7) is 1.64. The average molecular weight is 512 g/mol. The van der Waals surface area contributed by atoms with Crippen molar-refractivity contribution in [1.82, 2.24) is 0 Å². The molecule has 1 atom stereocenters. The summed E-state index contributed by atoms with van der Waals surface area (Å²) in [5.41, 5.74) is 6.56. The fourth-order valence-electron chi connectivity index (χ4n) is 4.96. The summed E-state index contributed by atoms with van der Waals surface area (Å²) < 4.78 is 11.3. The van der Waals surface area contributed by atoms with Crippen LogP contribution in [0.15, 0.2) is 102 Å². The highest BCUT2D eigenvalue weighted by molar-refractivity contribution is 6.31. The van der Waals surface area contributed by atoms with Gasteiger partial charge >= 0.3 is 5.97 Å². The lowest BCUT2D eigenvalue weighted by atomic mass is 9.68. The Labute approximate surface area is 219 Å². The van der Waals surface area contributed by atoms with Crippen LogP contribution in [0.2, 0.25) is 5.02 Å². The monoisotopic (exact) mass is 511 g/mol. The maximum atomic E-state index is 14.4. The van der Waals surface area contributed by atoms with Gasteiger partial charge in [0.1, 0.15) is 29.6 Å². The number of carbonyl (C=O) groups excluding carboxylic acids is 2. The molecular weight excluding hydrogens is 490 g/mol. The standard InChI is InChI=1S/C29H22ClN3O4/c1-18-25(27(34)36-17-19-9-3-2-4-10-19)29(22(15-31)26(32)37-18)21-12-6-8-14-24(21)33(28(29)35)16-20-11-5-7-13-23(20)30/h2-14H,16-17,32H2,1H3/t29-/m0/s1. The van der Waals surface area contributed by atoms with Crippen molar-refractivity contribution in [3.05, 3.63) is 123 Å². The highest BCUT2D eigenvalue weighted by Gasteiger charge is 2.62. The summed E-state index contributed by atoms with van der Waals surface area (Å²) in [5, 5.41) is 10.7. The number of para-hydroxylation sites is 1. The Kier molecular flexibility index (Phi) is 6.20.